The Morgan fingerprint density at radius 1 is 0.812 bits per heavy atom. The van der Waals surface area contributed by atoms with Gasteiger partial charge in [-0.2, -0.15) is 0 Å². The van der Waals surface area contributed by atoms with Crippen LogP contribution in [0, 0.1) is 29.6 Å². The van der Waals surface area contributed by atoms with Crippen LogP contribution in [-0.2, 0) is 24.4 Å². The Morgan fingerprint density at radius 3 is 1.98 bits per heavy atom. The van der Waals surface area contributed by atoms with Crippen molar-refractivity contribution in [2.75, 3.05) is 46.0 Å². The molecule has 0 saturated heterocycles. The van der Waals surface area contributed by atoms with Crippen molar-refractivity contribution in [1.82, 2.24) is 25.0 Å². The molecule has 4 N–H and O–H groups in total. The van der Waals surface area contributed by atoms with Gasteiger partial charge in [0, 0.05) is 58.0 Å². The highest BCUT2D eigenvalue weighted by Crippen LogP contribution is 2.36. The van der Waals surface area contributed by atoms with E-state index < -0.39 is 39.9 Å². The number of carbonyl (C=O) groups excluding carboxylic acids is 3. The lowest BCUT2D eigenvalue weighted by Gasteiger charge is -2.38. The summed E-state index contributed by atoms with van der Waals surface area (Å²) in [5.41, 5.74) is 0. The molecule has 0 aromatic heterocycles. The number of amides is 3. The maximum Gasteiger partial charge on any atom is 0.225 e. The van der Waals surface area contributed by atoms with E-state index in [1.165, 1.54) is 9.91 Å². The van der Waals surface area contributed by atoms with Gasteiger partial charge in [0.1, 0.15) is 0 Å². The molecule has 3 fully saturated rings. The molecule has 0 aromatic rings. The second kappa shape index (κ2) is 19.6. The van der Waals surface area contributed by atoms with Gasteiger partial charge in [0.15, 0.2) is 0 Å². The molecule has 13 heteroatoms. The van der Waals surface area contributed by atoms with Crippen molar-refractivity contribution >= 4 is 27.7 Å². The number of aliphatic hydroxyl groups excluding tert-OH is 2. The molecule has 3 aliphatic rings. The smallest absolute Gasteiger partial charge is 0.225 e. The van der Waals surface area contributed by atoms with Gasteiger partial charge in [0.05, 0.1) is 24.0 Å². The monoisotopic (exact) mass is 699 g/mol. The van der Waals surface area contributed by atoms with Crippen LogP contribution >= 0.6 is 0 Å². The molecule has 48 heavy (non-hydrogen) atoms. The zero-order valence-corrected chi connectivity index (χ0v) is 31.1. The van der Waals surface area contributed by atoms with Gasteiger partial charge < -0.3 is 25.3 Å². The first-order chi connectivity index (χ1) is 22.8. The third kappa shape index (κ3) is 12.5. The predicted molar refractivity (Wildman–Crippen MR) is 187 cm³/mol. The number of aliphatic hydroxyl groups is 2. The van der Waals surface area contributed by atoms with E-state index in [9.17, 15) is 33.0 Å². The summed E-state index contributed by atoms with van der Waals surface area (Å²) in [4.78, 5) is 46.8. The molecule has 0 aliphatic heterocycles. The lowest BCUT2D eigenvalue weighted by molar-refractivity contribution is -0.143. The number of likely N-dealkylation sites (N-methyl/N-ethyl adjacent to an activating group) is 1. The number of sulfonamides is 1. The first kappa shape index (κ1) is 40.6. The van der Waals surface area contributed by atoms with Crippen molar-refractivity contribution < 1.29 is 33.0 Å². The summed E-state index contributed by atoms with van der Waals surface area (Å²) < 4.78 is 26.2. The van der Waals surface area contributed by atoms with Gasteiger partial charge >= 0.3 is 0 Å². The quantitative estimate of drug-likeness (QED) is 0.169. The maximum atomic E-state index is 14.0. The van der Waals surface area contributed by atoms with Crippen LogP contribution in [0.3, 0.4) is 0 Å². The number of carbonyl (C=O) groups is 3. The molecule has 0 heterocycles. The van der Waals surface area contributed by atoms with E-state index in [-0.39, 0.29) is 48.0 Å². The Hall–Kier alpha value is -1.80. The average molecular weight is 700 g/mol. The molecular formula is C35H65N5O7S. The highest BCUT2D eigenvalue weighted by atomic mass is 32.2. The summed E-state index contributed by atoms with van der Waals surface area (Å²) in [5.74, 6) is -1.53. The SMILES string of the molecule is CCCN(CC)C(=O)C1CC(C(=O)NC(CC2CCC(O)CC2)C(O)CN(CC)NS(=O)(=O)CC2CCCCC2)CC(C(=O)N(C)C)C1. The molecule has 0 aromatic carbocycles. The summed E-state index contributed by atoms with van der Waals surface area (Å²) in [6, 6.07) is -0.666. The van der Waals surface area contributed by atoms with Crippen molar-refractivity contribution in [1.29, 1.82) is 0 Å². The first-order valence-electron chi connectivity index (χ1n) is 18.7. The molecule has 278 valence electrons. The second-order valence-corrected chi connectivity index (χ2v) is 16.7. The molecule has 5 unspecified atom stereocenters. The molecule has 3 amide bonds. The molecule has 3 rings (SSSR count). The minimum atomic E-state index is -3.61. The average Bonchev–Trinajstić information content (AvgIpc) is 3.06. The first-order valence-corrected chi connectivity index (χ1v) is 20.3. The largest absolute Gasteiger partial charge is 0.393 e. The Bertz CT molecular complexity index is 1120. The lowest BCUT2D eigenvalue weighted by Crippen LogP contribution is -2.55. The molecule has 0 bridgehead atoms. The minimum absolute atomic E-state index is 0.00329. The molecule has 5 atom stereocenters. The van der Waals surface area contributed by atoms with Crippen molar-refractivity contribution in [3.8, 4) is 0 Å². The summed E-state index contributed by atoms with van der Waals surface area (Å²) in [6.45, 7) is 7.30. The molecule has 3 saturated carbocycles. The zero-order valence-electron chi connectivity index (χ0n) is 30.2. The number of hydrazine groups is 1. The van der Waals surface area contributed by atoms with E-state index in [1.54, 1.807) is 19.0 Å². The van der Waals surface area contributed by atoms with Crippen molar-refractivity contribution in [3.05, 3.63) is 0 Å². The minimum Gasteiger partial charge on any atom is -0.393 e. The van der Waals surface area contributed by atoms with E-state index in [0.717, 1.165) is 51.4 Å². The van der Waals surface area contributed by atoms with Crippen molar-refractivity contribution in [3.63, 3.8) is 0 Å². The van der Waals surface area contributed by atoms with Gasteiger partial charge in [-0.1, -0.05) is 33.1 Å². The van der Waals surface area contributed by atoms with Crippen LogP contribution in [0.5, 0.6) is 0 Å². The van der Waals surface area contributed by atoms with E-state index in [0.29, 0.717) is 58.2 Å². The lowest BCUT2D eigenvalue weighted by atomic mass is 9.73. The predicted octanol–water partition coefficient (Wildman–Crippen LogP) is 2.89. The molecule has 0 spiro atoms. The van der Waals surface area contributed by atoms with Crippen LogP contribution in [0.1, 0.15) is 111 Å². The van der Waals surface area contributed by atoms with E-state index in [4.69, 9.17) is 0 Å². The molecule has 12 nitrogen and oxygen atoms in total. The molecule has 3 aliphatic carbocycles. The van der Waals surface area contributed by atoms with Gasteiger partial charge in [-0.25, -0.2) is 13.4 Å². The Balaban J connectivity index is 1.77. The zero-order chi connectivity index (χ0) is 35.4. The number of rotatable bonds is 17. The Kier molecular flexibility index (Phi) is 16.6. The topological polar surface area (TPSA) is 160 Å². The van der Waals surface area contributed by atoms with Crippen molar-refractivity contribution in [2.24, 2.45) is 29.6 Å². The number of hydrogen-bond donors (Lipinski definition) is 4. The van der Waals surface area contributed by atoms with Gasteiger partial charge in [-0.05, 0) is 89.4 Å². The van der Waals surface area contributed by atoms with Crippen LogP contribution in [0.2, 0.25) is 0 Å². The highest BCUT2D eigenvalue weighted by molar-refractivity contribution is 7.89. The Labute approximate surface area is 289 Å². The fourth-order valence-corrected chi connectivity index (χ4v) is 9.71. The van der Waals surface area contributed by atoms with Gasteiger partial charge in [-0.3, -0.25) is 14.4 Å². The third-order valence-corrected chi connectivity index (χ3v) is 12.3. The second-order valence-electron chi connectivity index (χ2n) is 15.0. The summed E-state index contributed by atoms with van der Waals surface area (Å²) in [5, 5.41) is 26.3. The van der Waals surface area contributed by atoms with Crippen LogP contribution in [0.25, 0.3) is 0 Å². The molecule has 0 radical (unpaired) electrons. The van der Waals surface area contributed by atoms with Gasteiger partial charge in [-0.15, -0.1) is 4.83 Å². The summed E-state index contributed by atoms with van der Waals surface area (Å²) in [6.07, 6.45) is 8.88. The fourth-order valence-electron chi connectivity index (χ4n) is 8.09. The van der Waals surface area contributed by atoms with Crippen LogP contribution in [0.4, 0.5) is 0 Å². The third-order valence-electron chi connectivity index (χ3n) is 10.8. The normalized spacial score (nSPS) is 26.9. The van der Waals surface area contributed by atoms with Crippen LogP contribution in [0.15, 0.2) is 0 Å². The van der Waals surface area contributed by atoms with Crippen molar-refractivity contribution in [2.45, 2.75) is 129 Å². The standard InChI is InChI=1S/C35H65N5O7S/c1-6-18-39(7-2)35(45)29-21-27(20-28(22-29)34(44)38(4)5)33(43)36-31(19-25-14-16-30(41)17-15-25)32(42)23-40(8-3)37-48(46,47)24-26-12-10-9-11-13-26/h25-32,37,41-42H,6-24H2,1-5H3,(H,36,43). The van der Waals surface area contributed by atoms with E-state index in [2.05, 4.69) is 10.1 Å². The van der Waals surface area contributed by atoms with Crippen LogP contribution < -0.4 is 10.1 Å². The number of nitrogens with one attached hydrogen (secondary N) is 2. The molecular weight excluding hydrogens is 634 g/mol. The number of nitrogens with zero attached hydrogens (tertiary/aromatic N) is 3. The summed E-state index contributed by atoms with van der Waals surface area (Å²) in [7, 11) is -0.231. The van der Waals surface area contributed by atoms with E-state index in [1.807, 2.05) is 20.8 Å². The van der Waals surface area contributed by atoms with Crippen LogP contribution in [-0.4, -0.2) is 115 Å². The fraction of sp³-hybridized carbons (Fsp3) is 0.914. The summed E-state index contributed by atoms with van der Waals surface area (Å²) >= 11 is 0. The van der Waals surface area contributed by atoms with Gasteiger partial charge in [0.2, 0.25) is 27.7 Å². The Morgan fingerprint density at radius 2 is 1.42 bits per heavy atom. The van der Waals surface area contributed by atoms with Gasteiger partial charge in [0.25, 0.3) is 0 Å². The van der Waals surface area contributed by atoms with E-state index >= 15 is 0 Å². The number of hydrogen-bond acceptors (Lipinski definition) is 8. The maximum absolute atomic E-state index is 14.0. The highest BCUT2D eigenvalue weighted by Gasteiger charge is 2.41.